The highest BCUT2D eigenvalue weighted by molar-refractivity contribution is 7.80. The van der Waals surface area contributed by atoms with Crippen molar-refractivity contribution in [2.45, 2.75) is 13.0 Å². The fraction of sp³-hybridized carbons (Fsp3) is 0.417. The predicted octanol–water partition coefficient (Wildman–Crippen LogP) is 2.45. The van der Waals surface area contributed by atoms with E-state index in [-0.39, 0.29) is 6.04 Å². The molecule has 1 rings (SSSR count). The average molecular weight is 273 g/mol. The number of nitrogens with zero attached hydrogens (tertiary/aromatic N) is 1. The summed E-state index contributed by atoms with van der Waals surface area (Å²) in [5.41, 5.74) is 7.46. The summed E-state index contributed by atoms with van der Waals surface area (Å²) in [5.74, 6) is 0. The van der Waals surface area contributed by atoms with Crippen LogP contribution in [0.25, 0.3) is 0 Å². The van der Waals surface area contributed by atoms with Gasteiger partial charge < -0.3 is 15.4 Å². The molecule has 3 nitrogen and oxygen atoms in total. The largest absolute Gasteiger partial charge is 0.389 e. The van der Waals surface area contributed by atoms with E-state index < -0.39 is 0 Å². The van der Waals surface area contributed by atoms with E-state index in [1.165, 1.54) is 0 Å². The molecule has 0 saturated carbocycles. The van der Waals surface area contributed by atoms with Crippen molar-refractivity contribution in [2.75, 3.05) is 25.7 Å². The van der Waals surface area contributed by atoms with Gasteiger partial charge in [-0.2, -0.15) is 0 Å². The molecule has 0 amide bonds. The number of benzene rings is 1. The predicted molar refractivity (Wildman–Crippen MR) is 77.1 cm³/mol. The van der Waals surface area contributed by atoms with Crippen LogP contribution in [0.1, 0.15) is 12.5 Å². The molecule has 0 bridgehead atoms. The first-order valence-electron chi connectivity index (χ1n) is 5.28. The summed E-state index contributed by atoms with van der Waals surface area (Å²) in [6, 6.07) is 5.71. The first kappa shape index (κ1) is 14.2. The van der Waals surface area contributed by atoms with Gasteiger partial charge in [0.2, 0.25) is 0 Å². The second-order valence-corrected chi connectivity index (χ2v) is 4.82. The topological polar surface area (TPSA) is 38.5 Å². The van der Waals surface area contributed by atoms with Crippen LogP contribution >= 0.6 is 23.8 Å². The van der Waals surface area contributed by atoms with Crippen LogP contribution in [0.2, 0.25) is 5.02 Å². The van der Waals surface area contributed by atoms with E-state index >= 15 is 0 Å². The van der Waals surface area contributed by atoms with Gasteiger partial charge in [0.1, 0.15) is 4.99 Å². The van der Waals surface area contributed by atoms with Crippen LogP contribution in [-0.2, 0) is 4.74 Å². The number of thiocarbonyl (C=S) groups is 1. The number of methoxy groups -OCH3 is 1. The Morgan fingerprint density at radius 3 is 2.76 bits per heavy atom. The third-order valence-corrected chi connectivity index (χ3v) is 3.13. The van der Waals surface area contributed by atoms with Crippen LogP contribution in [0.3, 0.4) is 0 Å². The maximum absolute atomic E-state index is 6.01. The van der Waals surface area contributed by atoms with Gasteiger partial charge in [-0.3, -0.25) is 0 Å². The molecule has 5 heteroatoms. The zero-order valence-corrected chi connectivity index (χ0v) is 11.8. The minimum Gasteiger partial charge on any atom is -0.389 e. The highest BCUT2D eigenvalue weighted by Crippen LogP contribution is 2.25. The van der Waals surface area contributed by atoms with Crippen LogP contribution in [-0.4, -0.2) is 31.8 Å². The SMILES string of the molecule is COCC(C)N(C)c1cc(Cl)ccc1C(N)=S. The Morgan fingerprint density at radius 1 is 1.59 bits per heavy atom. The van der Waals surface area contributed by atoms with Gasteiger partial charge in [0, 0.05) is 36.5 Å². The van der Waals surface area contributed by atoms with Gasteiger partial charge in [-0.1, -0.05) is 23.8 Å². The fourth-order valence-corrected chi connectivity index (χ4v) is 1.93. The number of hydrogen-bond acceptors (Lipinski definition) is 3. The molecule has 1 atom stereocenters. The van der Waals surface area contributed by atoms with Crippen molar-refractivity contribution < 1.29 is 4.74 Å². The van der Waals surface area contributed by atoms with Crippen molar-refractivity contribution >= 4 is 34.5 Å². The molecule has 0 aliphatic rings. The Bertz CT molecular complexity index is 411. The van der Waals surface area contributed by atoms with E-state index in [4.69, 9.17) is 34.3 Å². The van der Waals surface area contributed by atoms with E-state index in [1.54, 1.807) is 13.2 Å². The lowest BCUT2D eigenvalue weighted by Gasteiger charge is -2.28. The minimum absolute atomic E-state index is 0.214. The van der Waals surface area contributed by atoms with Gasteiger partial charge in [0.15, 0.2) is 0 Å². The Hall–Kier alpha value is -0.840. The standard InChI is InChI=1S/C12H17ClN2OS/c1-8(7-16-3)15(2)11-6-9(13)4-5-10(11)12(14)17/h4-6,8H,7H2,1-3H3,(H2,14,17). The van der Waals surface area contributed by atoms with E-state index in [2.05, 4.69) is 11.8 Å². The summed E-state index contributed by atoms with van der Waals surface area (Å²) in [4.78, 5) is 2.43. The molecule has 0 fully saturated rings. The van der Waals surface area contributed by atoms with Gasteiger partial charge in [0.25, 0.3) is 0 Å². The molecule has 1 unspecified atom stereocenters. The molecule has 0 spiro atoms. The molecule has 0 aromatic heterocycles. The highest BCUT2D eigenvalue weighted by Gasteiger charge is 2.15. The number of halogens is 1. The van der Waals surface area contributed by atoms with E-state index in [0.29, 0.717) is 16.6 Å². The monoisotopic (exact) mass is 272 g/mol. The molecule has 2 N–H and O–H groups in total. The molecule has 1 aromatic rings. The zero-order chi connectivity index (χ0) is 13.0. The highest BCUT2D eigenvalue weighted by atomic mass is 35.5. The Kier molecular flexibility index (Phi) is 5.18. The molecular formula is C12H17ClN2OS. The number of rotatable bonds is 5. The summed E-state index contributed by atoms with van der Waals surface area (Å²) >= 11 is 11.0. The molecule has 17 heavy (non-hydrogen) atoms. The van der Waals surface area contributed by atoms with E-state index in [9.17, 15) is 0 Å². The molecule has 0 saturated heterocycles. The second kappa shape index (κ2) is 6.19. The number of anilines is 1. The molecule has 0 heterocycles. The lowest BCUT2D eigenvalue weighted by atomic mass is 10.1. The van der Waals surface area contributed by atoms with Crippen molar-refractivity contribution in [3.8, 4) is 0 Å². The summed E-state index contributed by atoms with van der Waals surface area (Å²) < 4.78 is 5.14. The Labute approximate surface area is 112 Å². The normalized spacial score (nSPS) is 12.2. The van der Waals surface area contributed by atoms with Crippen LogP contribution in [0, 0.1) is 0 Å². The fourth-order valence-electron chi connectivity index (χ4n) is 1.60. The molecular weight excluding hydrogens is 256 g/mol. The van der Waals surface area contributed by atoms with Gasteiger partial charge in [-0.15, -0.1) is 0 Å². The quantitative estimate of drug-likeness (QED) is 0.836. The van der Waals surface area contributed by atoms with Crippen LogP contribution < -0.4 is 10.6 Å². The van der Waals surface area contributed by atoms with E-state index in [1.807, 2.05) is 19.2 Å². The lowest BCUT2D eigenvalue weighted by molar-refractivity contribution is 0.183. The van der Waals surface area contributed by atoms with Crippen molar-refractivity contribution in [1.82, 2.24) is 0 Å². The number of nitrogens with two attached hydrogens (primary N) is 1. The van der Waals surface area contributed by atoms with Crippen molar-refractivity contribution in [1.29, 1.82) is 0 Å². The minimum atomic E-state index is 0.214. The van der Waals surface area contributed by atoms with E-state index in [0.717, 1.165) is 11.3 Å². The number of ether oxygens (including phenoxy) is 1. The van der Waals surface area contributed by atoms with Crippen molar-refractivity contribution in [2.24, 2.45) is 5.73 Å². The molecule has 0 aliphatic heterocycles. The summed E-state index contributed by atoms with van der Waals surface area (Å²) in [5, 5.41) is 0.663. The summed E-state index contributed by atoms with van der Waals surface area (Å²) in [6.07, 6.45) is 0. The Morgan fingerprint density at radius 2 is 2.24 bits per heavy atom. The average Bonchev–Trinajstić information content (AvgIpc) is 2.27. The smallest absolute Gasteiger partial charge is 0.106 e. The summed E-state index contributed by atoms with van der Waals surface area (Å²) in [7, 11) is 3.65. The lowest BCUT2D eigenvalue weighted by Crippen LogP contribution is -2.34. The third kappa shape index (κ3) is 3.56. The van der Waals surface area contributed by atoms with Gasteiger partial charge in [-0.05, 0) is 25.1 Å². The van der Waals surface area contributed by atoms with Crippen LogP contribution in [0.5, 0.6) is 0 Å². The molecule has 1 aromatic carbocycles. The molecule has 94 valence electrons. The molecule has 0 radical (unpaired) electrons. The third-order valence-electron chi connectivity index (χ3n) is 2.67. The number of hydrogen-bond donors (Lipinski definition) is 1. The van der Waals surface area contributed by atoms with Crippen LogP contribution in [0.4, 0.5) is 5.69 Å². The summed E-state index contributed by atoms with van der Waals surface area (Å²) in [6.45, 7) is 2.69. The Balaban J connectivity index is 3.10. The van der Waals surface area contributed by atoms with Crippen molar-refractivity contribution in [3.63, 3.8) is 0 Å². The van der Waals surface area contributed by atoms with Gasteiger partial charge in [-0.25, -0.2) is 0 Å². The van der Waals surface area contributed by atoms with Gasteiger partial charge >= 0.3 is 0 Å². The first-order valence-corrected chi connectivity index (χ1v) is 6.07. The van der Waals surface area contributed by atoms with Gasteiger partial charge in [0.05, 0.1) is 6.61 Å². The maximum atomic E-state index is 6.01. The van der Waals surface area contributed by atoms with Crippen LogP contribution in [0.15, 0.2) is 18.2 Å². The molecule has 0 aliphatic carbocycles. The first-order chi connectivity index (χ1) is 7.97. The number of likely N-dealkylation sites (N-methyl/N-ethyl adjacent to an activating group) is 1. The maximum Gasteiger partial charge on any atom is 0.106 e. The second-order valence-electron chi connectivity index (χ2n) is 3.94. The zero-order valence-electron chi connectivity index (χ0n) is 10.2. The van der Waals surface area contributed by atoms with Crippen molar-refractivity contribution in [3.05, 3.63) is 28.8 Å².